The maximum Gasteiger partial charge on any atom is 0.354 e. The first kappa shape index (κ1) is 16.2. The highest BCUT2D eigenvalue weighted by Gasteiger charge is 2.21. The van der Waals surface area contributed by atoms with Crippen LogP contribution in [0.5, 0.6) is 11.5 Å². The lowest BCUT2D eigenvalue weighted by molar-refractivity contribution is 0.0689. The molecule has 1 aromatic carbocycles. The molecular formula is C15H13FN2O5. The van der Waals surface area contributed by atoms with Gasteiger partial charge in [-0.05, 0) is 17.7 Å². The number of carbonyl (C=O) groups is 2. The van der Waals surface area contributed by atoms with Crippen LogP contribution in [0.3, 0.4) is 0 Å². The summed E-state index contributed by atoms with van der Waals surface area (Å²) in [6.07, 6.45) is 0. The van der Waals surface area contributed by atoms with Gasteiger partial charge in [0.25, 0.3) is 5.91 Å². The maximum absolute atomic E-state index is 12.8. The first-order valence-corrected chi connectivity index (χ1v) is 6.46. The summed E-state index contributed by atoms with van der Waals surface area (Å²) >= 11 is 0. The molecule has 0 atom stereocenters. The SMILES string of the molecule is COc1cc(C(=O)O)nc(C(=O)NCc2ccc(F)cc2)c1O. The fraction of sp³-hybridized carbons (Fsp3) is 0.133. The van der Waals surface area contributed by atoms with Crippen molar-refractivity contribution in [2.45, 2.75) is 6.54 Å². The summed E-state index contributed by atoms with van der Waals surface area (Å²) in [5.41, 5.74) is -0.281. The van der Waals surface area contributed by atoms with Crippen molar-refractivity contribution in [2.24, 2.45) is 0 Å². The Balaban J connectivity index is 2.22. The van der Waals surface area contributed by atoms with E-state index in [1.54, 1.807) is 0 Å². The number of hydrogen-bond acceptors (Lipinski definition) is 5. The summed E-state index contributed by atoms with van der Waals surface area (Å²) in [7, 11) is 1.22. The average Bonchev–Trinajstić information content (AvgIpc) is 2.54. The zero-order valence-electron chi connectivity index (χ0n) is 12.0. The van der Waals surface area contributed by atoms with Crippen molar-refractivity contribution in [1.29, 1.82) is 0 Å². The maximum atomic E-state index is 12.8. The number of rotatable bonds is 5. The Morgan fingerprint density at radius 3 is 2.52 bits per heavy atom. The molecular weight excluding hydrogens is 307 g/mol. The number of methoxy groups -OCH3 is 1. The van der Waals surface area contributed by atoms with E-state index in [2.05, 4.69) is 10.3 Å². The van der Waals surface area contributed by atoms with Crippen LogP contribution in [-0.2, 0) is 6.54 Å². The Hall–Kier alpha value is -3.16. The Morgan fingerprint density at radius 1 is 1.30 bits per heavy atom. The number of carbonyl (C=O) groups excluding carboxylic acids is 1. The number of benzene rings is 1. The number of carboxylic acid groups (broad SMARTS) is 1. The van der Waals surface area contributed by atoms with Crippen LogP contribution >= 0.6 is 0 Å². The second-order valence-corrected chi connectivity index (χ2v) is 4.52. The summed E-state index contributed by atoms with van der Waals surface area (Å²) in [5.74, 6) is -3.29. The van der Waals surface area contributed by atoms with E-state index >= 15 is 0 Å². The quantitative estimate of drug-likeness (QED) is 0.771. The van der Waals surface area contributed by atoms with Crippen LogP contribution in [-0.4, -0.2) is 34.2 Å². The molecule has 1 amide bonds. The Morgan fingerprint density at radius 2 is 1.96 bits per heavy atom. The number of aromatic nitrogens is 1. The van der Waals surface area contributed by atoms with E-state index in [1.807, 2.05) is 0 Å². The minimum atomic E-state index is -1.36. The first-order chi connectivity index (χ1) is 10.9. The summed E-state index contributed by atoms with van der Waals surface area (Å²) in [4.78, 5) is 26.7. The fourth-order valence-electron chi connectivity index (χ4n) is 1.81. The summed E-state index contributed by atoms with van der Waals surface area (Å²) in [6, 6.07) is 6.46. The number of halogens is 1. The van der Waals surface area contributed by atoms with Gasteiger partial charge in [0, 0.05) is 12.6 Å². The molecule has 2 rings (SSSR count). The molecule has 8 heteroatoms. The molecule has 120 valence electrons. The number of hydrogen-bond donors (Lipinski definition) is 3. The number of nitrogens with one attached hydrogen (secondary N) is 1. The van der Waals surface area contributed by atoms with Crippen LogP contribution in [0.15, 0.2) is 30.3 Å². The van der Waals surface area contributed by atoms with Gasteiger partial charge >= 0.3 is 5.97 Å². The van der Waals surface area contributed by atoms with Crippen molar-refractivity contribution in [1.82, 2.24) is 10.3 Å². The number of pyridine rings is 1. The molecule has 0 spiro atoms. The molecule has 0 saturated carbocycles. The summed E-state index contributed by atoms with van der Waals surface area (Å²) in [6.45, 7) is 0.0554. The molecule has 0 aliphatic rings. The number of aromatic carboxylic acids is 1. The lowest BCUT2D eigenvalue weighted by Gasteiger charge is -2.10. The van der Waals surface area contributed by atoms with Crippen molar-refractivity contribution in [3.05, 3.63) is 53.1 Å². The van der Waals surface area contributed by atoms with Crippen LogP contribution in [0.4, 0.5) is 4.39 Å². The Bertz CT molecular complexity index is 746. The van der Waals surface area contributed by atoms with Gasteiger partial charge in [-0.25, -0.2) is 14.2 Å². The fourth-order valence-corrected chi connectivity index (χ4v) is 1.81. The molecule has 0 bridgehead atoms. The van der Waals surface area contributed by atoms with E-state index in [0.717, 1.165) is 6.07 Å². The second kappa shape index (κ2) is 6.73. The van der Waals surface area contributed by atoms with E-state index in [4.69, 9.17) is 9.84 Å². The van der Waals surface area contributed by atoms with Gasteiger partial charge < -0.3 is 20.3 Å². The van der Waals surface area contributed by atoms with Gasteiger partial charge in [0.1, 0.15) is 5.82 Å². The molecule has 0 unspecified atom stereocenters. The Labute approximate surface area is 130 Å². The van der Waals surface area contributed by atoms with Crippen LogP contribution in [0.2, 0.25) is 0 Å². The van der Waals surface area contributed by atoms with E-state index in [1.165, 1.54) is 31.4 Å². The number of amides is 1. The largest absolute Gasteiger partial charge is 0.503 e. The lowest BCUT2D eigenvalue weighted by Crippen LogP contribution is -2.24. The summed E-state index contributed by atoms with van der Waals surface area (Å²) in [5, 5.41) is 21.3. The van der Waals surface area contributed by atoms with Gasteiger partial charge in [0.15, 0.2) is 22.9 Å². The van der Waals surface area contributed by atoms with E-state index in [9.17, 15) is 19.1 Å². The van der Waals surface area contributed by atoms with Crippen LogP contribution < -0.4 is 10.1 Å². The monoisotopic (exact) mass is 320 g/mol. The van der Waals surface area contributed by atoms with Crippen molar-refractivity contribution in [3.8, 4) is 11.5 Å². The van der Waals surface area contributed by atoms with Crippen molar-refractivity contribution in [2.75, 3.05) is 7.11 Å². The van der Waals surface area contributed by atoms with Crippen molar-refractivity contribution < 1.29 is 28.9 Å². The minimum Gasteiger partial charge on any atom is -0.503 e. The van der Waals surface area contributed by atoms with E-state index in [0.29, 0.717) is 5.56 Å². The van der Waals surface area contributed by atoms with Crippen LogP contribution in [0.1, 0.15) is 26.5 Å². The van der Waals surface area contributed by atoms with Gasteiger partial charge in [-0.2, -0.15) is 0 Å². The molecule has 1 heterocycles. The van der Waals surface area contributed by atoms with E-state index < -0.39 is 34.8 Å². The normalized spacial score (nSPS) is 10.2. The van der Waals surface area contributed by atoms with Gasteiger partial charge in [-0.15, -0.1) is 0 Å². The molecule has 3 N–H and O–H groups in total. The van der Waals surface area contributed by atoms with Crippen LogP contribution in [0, 0.1) is 5.82 Å². The third-order valence-electron chi connectivity index (χ3n) is 2.98. The van der Waals surface area contributed by atoms with Gasteiger partial charge in [-0.1, -0.05) is 12.1 Å². The van der Waals surface area contributed by atoms with Gasteiger partial charge in [0.05, 0.1) is 7.11 Å². The molecule has 0 aliphatic heterocycles. The third kappa shape index (κ3) is 3.73. The molecule has 0 radical (unpaired) electrons. The highest BCUT2D eigenvalue weighted by atomic mass is 19.1. The lowest BCUT2D eigenvalue weighted by atomic mass is 10.2. The number of carboxylic acids is 1. The molecule has 0 aliphatic carbocycles. The summed E-state index contributed by atoms with van der Waals surface area (Å²) < 4.78 is 17.6. The van der Waals surface area contributed by atoms with Crippen molar-refractivity contribution >= 4 is 11.9 Å². The molecule has 1 aromatic heterocycles. The van der Waals surface area contributed by atoms with E-state index in [-0.39, 0.29) is 12.3 Å². The highest BCUT2D eigenvalue weighted by molar-refractivity contribution is 5.97. The second-order valence-electron chi connectivity index (χ2n) is 4.52. The first-order valence-electron chi connectivity index (χ1n) is 6.46. The standard InChI is InChI=1S/C15H13FN2O5/c1-23-11-6-10(15(21)22)18-12(13(11)19)14(20)17-7-8-2-4-9(16)5-3-8/h2-6,19H,7H2,1H3,(H,17,20)(H,21,22). The van der Waals surface area contributed by atoms with Crippen molar-refractivity contribution in [3.63, 3.8) is 0 Å². The third-order valence-corrected chi connectivity index (χ3v) is 2.98. The zero-order valence-corrected chi connectivity index (χ0v) is 12.0. The smallest absolute Gasteiger partial charge is 0.354 e. The molecule has 0 fully saturated rings. The number of ether oxygens (including phenoxy) is 1. The molecule has 2 aromatic rings. The zero-order chi connectivity index (χ0) is 17.0. The highest BCUT2D eigenvalue weighted by Crippen LogP contribution is 2.29. The number of aromatic hydroxyl groups is 1. The topological polar surface area (TPSA) is 109 Å². The predicted molar refractivity (Wildman–Crippen MR) is 77.0 cm³/mol. The van der Waals surface area contributed by atoms with Gasteiger partial charge in [-0.3, -0.25) is 4.79 Å². The number of nitrogens with zero attached hydrogens (tertiary/aromatic N) is 1. The van der Waals surface area contributed by atoms with Gasteiger partial charge in [0.2, 0.25) is 0 Å². The average molecular weight is 320 g/mol. The predicted octanol–water partition coefficient (Wildman–Crippen LogP) is 1.56. The Kier molecular flexibility index (Phi) is 4.75. The molecule has 23 heavy (non-hydrogen) atoms. The molecule has 0 saturated heterocycles. The molecule has 7 nitrogen and oxygen atoms in total. The minimum absolute atomic E-state index is 0.0554. The van der Waals surface area contributed by atoms with Crippen LogP contribution in [0.25, 0.3) is 0 Å².